The number of nitrogens with one attached hydrogen (secondary N) is 1. The van der Waals surface area contributed by atoms with Crippen LogP contribution in [0.3, 0.4) is 0 Å². The van der Waals surface area contributed by atoms with Gasteiger partial charge in [-0.1, -0.05) is 48.6 Å². The standard InChI is InChI=1S/C32H35N3O6S/c1-6-20-17-32(20,29(36)37)34-28(42)26-15-22(18-35(26)30(38)41-31(2,3)4)40-27-16-24(19-10-8-7-9-11-19)33-25-14-21(39-5)12-13-23(25)27/h6-14,16,20,22,26H,1,15,17-18H2,2-5H3,(H,34,42)(H,36,37)/t20?,22-,26+,32-/m1/s1. The van der Waals surface area contributed by atoms with Gasteiger partial charge in [-0.15, -0.1) is 6.58 Å². The first-order valence-electron chi connectivity index (χ1n) is 13.8. The molecule has 5 rings (SSSR count). The summed E-state index contributed by atoms with van der Waals surface area (Å²) in [6.07, 6.45) is 1.34. The average molecular weight is 590 g/mol. The Morgan fingerprint density at radius 2 is 1.93 bits per heavy atom. The second kappa shape index (κ2) is 11.2. The second-order valence-corrected chi connectivity index (χ2v) is 12.1. The summed E-state index contributed by atoms with van der Waals surface area (Å²) in [5, 5.41) is 13.8. The summed E-state index contributed by atoms with van der Waals surface area (Å²) in [6.45, 7) is 9.33. The topological polar surface area (TPSA) is 110 Å². The molecule has 2 aromatic carbocycles. The molecule has 1 unspecified atom stereocenters. The number of pyridine rings is 1. The van der Waals surface area contributed by atoms with E-state index in [1.54, 1.807) is 34.0 Å². The number of hydrogen-bond acceptors (Lipinski definition) is 7. The summed E-state index contributed by atoms with van der Waals surface area (Å²) in [4.78, 5) is 32.1. The van der Waals surface area contributed by atoms with E-state index in [9.17, 15) is 14.7 Å². The van der Waals surface area contributed by atoms with Crippen molar-refractivity contribution in [2.24, 2.45) is 5.92 Å². The van der Waals surface area contributed by atoms with Crippen LogP contribution in [-0.2, 0) is 9.53 Å². The van der Waals surface area contributed by atoms with Gasteiger partial charge >= 0.3 is 12.1 Å². The fourth-order valence-electron chi connectivity index (χ4n) is 5.31. The normalized spacial score (nSPS) is 23.2. The number of amides is 1. The molecule has 2 aliphatic rings. The molecular formula is C32H35N3O6S. The number of ether oxygens (including phenoxy) is 3. The van der Waals surface area contributed by atoms with Gasteiger partial charge < -0.3 is 24.6 Å². The third-order valence-corrected chi connectivity index (χ3v) is 7.94. The molecule has 2 fully saturated rings. The summed E-state index contributed by atoms with van der Waals surface area (Å²) in [7, 11) is 1.61. The summed E-state index contributed by atoms with van der Waals surface area (Å²) in [5.41, 5.74) is 0.413. The highest BCUT2D eigenvalue weighted by molar-refractivity contribution is 7.80. The highest BCUT2D eigenvalue weighted by atomic mass is 32.1. The van der Waals surface area contributed by atoms with Crippen molar-refractivity contribution in [1.29, 1.82) is 0 Å². The van der Waals surface area contributed by atoms with Crippen LogP contribution in [0.15, 0.2) is 67.3 Å². The maximum Gasteiger partial charge on any atom is 0.411 e. The minimum Gasteiger partial charge on any atom is -0.497 e. The molecule has 0 bridgehead atoms. The Balaban J connectivity index is 1.47. The number of likely N-dealkylation sites (tertiary alicyclic amines) is 1. The Kier molecular flexibility index (Phi) is 7.85. The largest absolute Gasteiger partial charge is 0.497 e. The lowest BCUT2D eigenvalue weighted by Crippen LogP contribution is -2.52. The van der Waals surface area contributed by atoms with Gasteiger partial charge in [-0.25, -0.2) is 14.6 Å². The predicted molar refractivity (Wildman–Crippen MR) is 164 cm³/mol. The third-order valence-electron chi connectivity index (χ3n) is 7.56. The van der Waals surface area contributed by atoms with Crippen LogP contribution in [0.2, 0.25) is 0 Å². The van der Waals surface area contributed by atoms with E-state index in [0.29, 0.717) is 29.9 Å². The first kappa shape index (κ1) is 29.3. The Bertz CT molecular complexity index is 1540. The molecule has 1 aliphatic heterocycles. The number of carbonyl (C=O) groups is 2. The highest BCUT2D eigenvalue weighted by Gasteiger charge is 2.60. The molecule has 42 heavy (non-hydrogen) atoms. The van der Waals surface area contributed by atoms with Crippen LogP contribution in [0.25, 0.3) is 22.2 Å². The SMILES string of the molecule is C=CC1C[C@]1(NC(=S)[C@@H]1C[C@@H](Oc2cc(-c3ccccc3)nc3cc(OC)ccc23)CN1C(=O)OC(C)(C)C)C(=O)O. The first-order valence-corrected chi connectivity index (χ1v) is 14.2. The van der Waals surface area contributed by atoms with Crippen LogP contribution in [-0.4, -0.2) is 69.0 Å². The van der Waals surface area contributed by atoms with Crippen molar-refractivity contribution in [1.82, 2.24) is 15.2 Å². The number of fused-ring (bicyclic) bond motifs is 1. The van der Waals surface area contributed by atoms with E-state index >= 15 is 0 Å². The minimum absolute atomic E-state index is 0.201. The molecular weight excluding hydrogens is 554 g/mol. The van der Waals surface area contributed by atoms with Crippen molar-refractivity contribution in [2.45, 2.75) is 56.9 Å². The monoisotopic (exact) mass is 589 g/mol. The zero-order valence-electron chi connectivity index (χ0n) is 24.1. The Labute approximate surface area is 250 Å². The van der Waals surface area contributed by atoms with E-state index < -0.39 is 35.3 Å². The summed E-state index contributed by atoms with van der Waals surface area (Å²) < 4.78 is 17.7. The lowest BCUT2D eigenvalue weighted by Gasteiger charge is -2.30. The number of rotatable bonds is 8. The van der Waals surface area contributed by atoms with E-state index in [0.717, 1.165) is 16.6 Å². The summed E-state index contributed by atoms with van der Waals surface area (Å²) >= 11 is 5.73. The minimum atomic E-state index is -1.22. The molecule has 1 saturated carbocycles. The number of carboxylic acid groups (broad SMARTS) is 1. The number of aliphatic carboxylic acids is 1. The van der Waals surface area contributed by atoms with E-state index in [-0.39, 0.29) is 17.5 Å². The van der Waals surface area contributed by atoms with Crippen LogP contribution < -0.4 is 14.8 Å². The van der Waals surface area contributed by atoms with E-state index in [2.05, 4.69) is 11.9 Å². The number of carbonyl (C=O) groups excluding carboxylic acids is 1. The molecule has 10 heteroatoms. The van der Waals surface area contributed by atoms with Gasteiger partial charge in [-0.05, 0) is 39.3 Å². The number of methoxy groups -OCH3 is 1. The molecule has 2 heterocycles. The lowest BCUT2D eigenvalue weighted by molar-refractivity contribution is -0.140. The van der Waals surface area contributed by atoms with E-state index in [1.807, 2.05) is 54.6 Å². The fraction of sp³-hybridized carbons (Fsp3) is 0.375. The molecule has 9 nitrogen and oxygen atoms in total. The van der Waals surface area contributed by atoms with Crippen molar-refractivity contribution in [3.05, 3.63) is 67.3 Å². The van der Waals surface area contributed by atoms with Crippen LogP contribution in [0.1, 0.15) is 33.6 Å². The molecule has 220 valence electrons. The van der Waals surface area contributed by atoms with Gasteiger partial charge in [0, 0.05) is 35.4 Å². The molecule has 1 saturated heterocycles. The second-order valence-electron chi connectivity index (χ2n) is 11.7. The first-order chi connectivity index (χ1) is 19.9. The zero-order chi connectivity index (χ0) is 30.2. The van der Waals surface area contributed by atoms with Crippen LogP contribution >= 0.6 is 12.2 Å². The molecule has 1 aromatic heterocycles. The third kappa shape index (κ3) is 5.90. The van der Waals surface area contributed by atoms with Gasteiger partial charge in [0.1, 0.15) is 28.7 Å². The number of aromatic nitrogens is 1. The van der Waals surface area contributed by atoms with Gasteiger partial charge in [0.2, 0.25) is 0 Å². The Hall–Kier alpha value is -4.18. The summed E-state index contributed by atoms with van der Waals surface area (Å²) in [5.74, 6) is 0.0143. The Morgan fingerprint density at radius 3 is 2.55 bits per heavy atom. The molecule has 1 aliphatic carbocycles. The molecule has 2 N–H and O–H groups in total. The van der Waals surface area contributed by atoms with Crippen molar-refractivity contribution < 1.29 is 28.9 Å². The van der Waals surface area contributed by atoms with Crippen molar-refractivity contribution in [2.75, 3.05) is 13.7 Å². The van der Waals surface area contributed by atoms with Crippen molar-refractivity contribution in [3.8, 4) is 22.8 Å². The van der Waals surface area contributed by atoms with Crippen LogP contribution in [0.4, 0.5) is 4.79 Å². The predicted octanol–water partition coefficient (Wildman–Crippen LogP) is 5.61. The number of carboxylic acids is 1. The maximum atomic E-state index is 13.3. The molecule has 3 aromatic rings. The molecule has 4 atom stereocenters. The highest BCUT2D eigenvalue weighted by Crippen LogP contribution is 2.45. The van der Waals surface area contributed by atoms with Gasteiger partial charge in [-0.2, -0.15) is 0 Å². The number of benzene rings is 2. The number of nitrogens with zero attached hydrogens (tertiary/aromatic N) is 2. The lowest BCUT2D eigenvalue weighted by atomic mass is 10.1. The number of hydrogen-bond donors (Lipinski definition) is 2. The smallest absolute Gasteiger partial charge is 0.411 e. The van der Waals surface area contributed by atoms with Crippen molar-refractivity contribution in [3.63, 3.8) is 0 Å². The van der Waals surface area contributed by atoms with Gasteiger partial charge in [0.05, 0.1) is 35.9 Å². The molecule has 0 spiro atoms. The Morgan fingerprint density at radius 1 is 1.19 bits per heavy atom. The fourth-order valence-corrected chi connectivity index (χ4v) is 5.72. The van der Waals surface area contributed by atoms with Crippen molar-refractivity contribution >= 4 is 40.2 Å². The maximum absolute atomic E-state index is 13.3. The average Bonchev–Trinajstić information content (AvgIpc) is 3.51. The molecule has 1 amide bonds. The van der Waals surface area contributed by atoms with Crippen LogP contribution in [0.5, 0.6) is 11.5 Å². The number of thiocarbonyl (C=S) groups is 1. The quantitative estimate of drug-likeness (QED) is 0.256. The van der Waals surface area contributed by atoms with Gasteiger partial charge in [0.15, 0.2) is 0 Å². The van der Waals surface area contributed by atoms with Crippen LogP contribution in [0, 0.1) is 5.92 Å². The molecule has 0 radical (unpaired) electrons. The van der Waals surface area contributed by atoms with Gasteiger partial charge in [0.25, 0.3) is 0 Å². The summed E-state index contributed by atoms with van der Waals surface area (Å²) in [6, 6.07) is 16.7. The van der Waals surface area contributed by atoms with E-state index in [1.165, 1.54) is 4.90 Å². The zero-order valence-corrected chi connectivity index (χ0v) is 24.9. The van der Waals surface area contributed by atoms with Gasteiger partial charge in [-0.3, -0.25) is 4.90 Å². The van der Waals surface area contributed by atoms with E-state index in [4.69, 9.17) is 31.4 Å².